The summed E-state index contributed by atoms with van der Waals surface area (Å²) in [6.07, 6.45) is 0.251. The highest BCUT2D eigenvalue weighted by molar-refractivity contribution is 6.39. The van der Waals surface area contributed by atoms with Crippen molar-refractivity contribution in [1.29, 1.82) is 0 Å². The van der Waals surface area contributed by atoms with E-state index in [1.54, 1.807) is 42.5 Å². The molecule has 7 heteroatoms. The molecule has 1 amide bonds. The molecule has 0 radical (unpaired) electrons. The van der Waals surface area contributed by atoms with Crippen LogP contribution in [-0.4, -0.2) is 25.0 Å². The van der Waals surface area contributed by atoms with Crippen LogP contribution in [-0.2, 0) is 16.0 Å². The van der Waals surface area contributed by atoms with E-state index < -0.39 is 17.9 Å². The van der Waals surface area contributed by atoms with Crippen molar-refractivity contribution in [3.05, 3.63) is 63.6 Å². The fourth-order valence-corrected chi connectivity index (χ4v) is 2.74. The zero-order valence-electron chi connectivity index (χ0n) is 12.9. The summed E-state index contributed by atoms with van der Waals surface area (Å²) in [6, 6.07) is 10.9. The van der Waals surface area contributed by atoms with Crippen LogP contribution in [0.3, 0.4) is 0 Å². The Morgan fingerprint density at radius 2 is 1.71 bits per heavy atom. The van der Waals surface area contributed by atoms with E-state index in [0.29, 0.717) is 5.69 Å². The average Bonchev–Trinajstić information content (AvgIpc) is 2.55. The summed E-state index contributed by atoms with van der Waals surface area (Å²) in [5.41, 5.74) is 7.20. The quantitative estimate of drug-likeness (QED) is 0.629. The molecule has 0 aromatic heterocycles. The molecule has 0 bridgehead atoms. The van der Waals surface area contributed by atoms with Crippen molar-refractivity contribution >= 4 is 40.8 Å². The number of ether oxygens (including phenoxy) is 1. The van der Waals surface area contributed by atoms with Gasteiger partial charge in [0, 0.05) is 12.1 Å². The number of anilines is 1. The van der Waals surface area contributed by atoms with E-state index in [2.05, 4.69) is 5.32 Å². The van der Waals surface area contributed by atoms with E-state index in [4.69, 9.17) is 33.7 Å². The summed E-state index contributed by atoms with van der Waals surface area (Å²) >= 11 is 12.0. The highest BCUT2D eigenvalue weighted by Gasteiger charge is 2.24. The lowest BCUT2D eigenvalue weighted by Crippen LogP contribution is -2.43. The molecule has 0 fully saturated rings. The van der Waals surface area contributed by atoms with Gasteiger partial charge in [0.05, 0.1) is 22.7 Å². The zero-order chi connectivity index (χ0) is 17.7. The highest BCUT2D eigenvalue weighted by Crippen LogP contribution is 2.24. The Labute approximate surface area is 149 Å². The van der Waals surface area contributed by atoms with Crippen LogP contribution in [0.15, 0.2) is 42.5 Å². The molecule has 0 saturated carbocycles. The van der Waals surface area contributed by atoms with Crippen LogP contribution < -0.4 is 11.1 Å². The van der Waals surface area contributed by atoms with E-state index in [9.17, 15) is 9.59 Å². The first-order chi connectivity index (χ1) is 11.4. The number of nitrogens with two attached hydrogens (primary N) is 1. The summed E-state index contributed by atoms with van der Waals surface area (Å²) in [5.74, 6) is -1.11. The van der Waals surface area contributed by atoms with E-state index in [1.807, 2.05) is 0 Å². The van der Waals surface area contributed by atoms with E-state index in [-0.39, 0.29) is 22.0 Å². The minimum atomic E-state index is -0.876. The van der Waals surface area contributed by atoms with Gasteiger partial charge in [0.15, 0.2) is 0 Å². The van der Waals surface area contributed by atoms with E-state index in [1.165, 1.54) is 7.11 Å². The SMILES string of the molecule is COC(=O)[C@@H](Cc1ccc(N)cc1)NC(=O)c1c(Cl)cccc1Cl. The molecule has 0 heterocycles. The number of carbonyl (C=O) groups excluding carboxylic acids is 2. The largest absolute Gasteiger partial charge is 0.467 e. The van der Waals surface area contributed by atoms with Gasteiger partial charge in [0.25, 0.3) is 5.91 Å². The molecular weight excluding hydrogens is 351 g/mol. The Kier molecular flexibility index (Phi) is 6.06. The lowest BCUT2D eigenvalue weighted by atomic mass is 10.0. The number of nitrogens with one attached hydrogen (secondary N) is 1. The second-order valence-electron chi connectivity index (χ2n) is 5.09. The molecule has 126 valence electrons. The Morgan fingerprint density at radius 1 is 1.12 bits per heavy atom. The molecule has 0 unspecified atom stereocenters. The number of esters is 1. The molecule has 0 saturated heterocycles. The predicted molar refractivity (Wildman–Crippen MR) is 94.3 cm³/mol. The van der Waals surface area contributed by atoms with E-state index in [0.717, 1.165) is 5.56 Å². The molecular formula is C17H16Cl2N2O3. The van der Waals surface area contributed by atoms with Crippen LogP contribution in [0.2, 0.25) is 10.0 Å². The number of carbonyl (C=O) groups is 2. The second-order valence-corrected chi connectivity index (χ2v) is 5.91. The van der Waals surface area contributed by atoms with Crippen LogP contribution in [0.4, 0.5) is 5.69 Å². The lowest BCUT2D eigenvalue weighted by Gasteiger charge is -2.17. The van der Waals surface area contributed by atoms with Gasteiger partial charge < -0.3 is 15.8 Å². The molecule has 2 aromatic carbocycles. The third kappa shape index (κ3) is 4.40. The Hall–Kier alpha value is -2.24. The molecule has 2 aromatic rings. The van der Waals surface area contributed by atoms with Gasteiger partial charge in [0.2, 0.25) is 0 Å². The van der Waals surface area contributed by atoms with Crippen LogP contribution in [0.1, 0.15) is 15.9 Å². The third-order valence-electron chi connectivity index (χ3n) is 3.40. The first-order valence-corrected chi connectivity index (χ1v) is 7.85. The van der Waals surface area contributed by atoms with Gasteiger partial charge in [0.1, 0.15) is 6.04 Å². The van der Waals surface area contributed by atoms with Crippen LogP contribution in [0.5, 0.6) is 0 Å². The van der Waals surface area contributed by atoms with Crippen molar-refractivity contribution in [2.75, 3.05) is 12.8 Å². The summed E-state index contributed by atoms with van der Waals surface area (Å²) in [4.78, 5) is 24.4. The van der Waals surface area contributed by atoms with Crippen molar-refractivity contribution < 1.29 is 14.3 Å². The molecule has 24 heavy (non-hydrogen) atoms. The summed E-state index contributed by atoms with van der Waals surface area (Å²) in [5, 5.41) is 3.02. The van der Waals surface area contributed by atoms with Gasteiger partial charge in [-0.1, -0.05) is 41.4 Å². The average molecular weight is 367 g/mol. The Bertz CT molecular complexity index is 728. The summed E-state index contributed by atoms with van der Waals surface area (Å²) < 4.78 is 4.76. The van der Waals surface area contributed by atoms with Crippen molar-refractivity contribution in [3.63, 3.8) is 0 Å². The molecule has 2 rings (SSSR count). The molecule has 3 N–H and O–H groups in total. The number of hydrogen-bond acceptors (Lipinski definition) is 4. The fourth-order valence-electron chi connectivity index (χ4n) is 2.17. The fraction of sp³-hybridized carbons (Fsp3) is 0.176. The van der Waals surface area contributed by atoms with Crippen molar-refractivity contribution in [2.45, 2.75) is 12.5 Å². The molecule has 5 nitrogen and oxygen atoms in total. The van der Waals surface area contributed by atoms with Crippen LogP contribution in [0.25, 0.3) is 0 Å². The maximum absolute atomic E-state index is 12.5. The van der Waals surface area contributed by atoms with Gasteiger partial charge >= 0.3 is 5.97 Å². The maximum atomic E-state index is 12.5. The first kappa shape index (κ1) is 18.1. The third-order valence-corrected chi connectivity index (χ3v) is 4.03. The van der Waals surface area contributed by atoms with Gasteiger partial charge in [-0.15, -0.1) is 0 Å². The Morgan fingerprint density at radius 3 is 2.25 bits per heavy atom. The normalized spacial score (nSPS) is 11.6. The molecule has 0 aliphatic carbocycles. The van der Waals surface area contributed by atoms with Gasteiger partial charge in [-0.25, -0.2) is 4.79 Å². The van der Waals surface area contributed by atoms with Crippen molar-refractivity contribution in [2.24, 2.45) is 0 Å². The minimum Gasteiger partial charge on any atom is -0.467 e. The van der Waals surface area contributed by atoms with Crippen molar-refractivity contribution in [1.82, 2.24) is 5.32 Å². The Balaban J connectivity index is 2.21. The number of benzene rings is 2. The highest BCUT2D eigenvalue weighted by atomic mass is 35.5. The van der Waals surface area contributed by atoms with Crippen LogP contribution in [0, 0.1) is 0 Å². The lowest BCUT2D eigenvalue weighted by molar-refractivity contribution is -0.142. The maximum Gasteiger partial charge on any atom is 0.328 e. The topological polar surface area (TPSA) is 81.4 Å². The van der Waals surface area contributed by atoms with Gasteiger partial charge in [-0.2, -0.15) is 0 Å². The number of amides is 1. The molecule has 0 aliphatic heterocycles. The molecule has 1 atom stereocenters. The van der Waals surface area contributed by atoms with Crippen LogP contribution >= 0.6 is 23.2 Å². The number of hydrogen-bond donors (Lipinski definition) is 2. The number of halogens is 2. The van der Waals surface area contributed by atoms with Crippen molar-refractivity contribution in [3.8, 4) is 0 Å². The second kappa shape index (κ2) is 8.04. The predicted octanol–water partition coefficient (Wildman–Crippen LogP) is 3.09. The number of methoxy groups -OCH3 is 1. The van der Waals surface area contributed by atoms with Gasteiger partial charge in [-0.05, 0) is 29.8 Å². The molecule has 0 spiro atoms. The standard InChI is InChI=1S/C17H16Cl2N2O3/c1-24-17(23)14(9-10-5-7-11(20)8-6-10)21-16(22)15-12(18)3-2-4-13(15)19/h2-8,14H,9,20H2,1H3,(H,21,22)/t14-/m1/s1. The van der Waals surface area contributed by atoms with Gasteiger partial charge in [-0.3, -0.25) is 4.79 Å². The summed E-state index contributed by atoms with van der Waals surface area (Å²) in [7, 11) is 1.26. The number of nitrogen functional groups attached to an aromatic ring is 1. The summed E-state index contributed by atoms with van der Waals surface area (Å²) in [6.45, 7) is 0. The smallest absolute Gasteiger partial charge is 0.328 e. The molecule has 0 aliphatic rings. The zero-order valence-corrected chi connectivity index (χ0v) is 14.4. The first-order valence-electron chi connectivity index (χ1n) is 7.09. The van der Waals surface area contributed by atoms with E-state index >= 15 is 0 Å². The minimum absolute atomic E-state index is 0.118. The number of rotatable bonds is 5. The monoisotopic (exact) mass is 366 g/mol.